The number of esters is 1. The minimum atomic E-state index is -0.793. The molecule has 5 atom stereocenters. The highest BCUT2D eigenvalue weighted by atomic mass is 16.8. The smallest absolute Gasteiger partial charge is 0.338 e. The van der Waals surface area contributed by atoms with Gasteiger partial charge in [0.25, 0.3) is 0 Å². The number of piperidine rings is 1. The number of nitrogens with zero attached hydrogens (tertiary/aromatic N) is 1. The monoisotopic (exact) mass is 391 g/mol. The first kappa shape index (κ1) is 21.2. The molecule has 0 radical (unpaired) electrons. The van der Waals surface area contributed by atoms with E-state index in [1.54, 1.807) is 12.1 Å². The molecule has 28 heavy (non-hydrogen) atoms. The summed E-state index contributed by atoms with van der Waals surface area (Å²) in [6, 6.07) is 8.94. The summed E-state index contributed by atoms with van der Waals surface area (Å²) in [4.78, 5) is 12.2. The van der Waals surface area contributed by atoms with Crippen molar-refractivity contribution in [2.24, 2.45) is 5.92 Å². The third-order valence-electron chi connectivity index (χ3n) is 6.98. The van der Waals surface area contributed by atoms with Gasteiger partial charge in [0.05, 0.1) is 17.7 Å². The molecule has 0 saturated carbocycles. The molecule has 2 aliphatic rings. The summed E-state index contributed by atoms with van der Waals surface area (Å²) in [7, 11) is 0. The summed E-state index contributed by atoms with van der Waals surface area (Å²) >= 11 is 0. The molecule has 0 aromatic heterocycles. The highest BCUT2D eigenvalue weighted by Gasteiger charge is 2.63. The second-order valence-corrected chi connectivity index (χ2v) is 8.60. The van der Waals surface area contributed by atoms with Gasteiger partial charge in [-0.3, -0.25) is 0 Å². The molecule has 0 bridgehead atoms. The van der Waals surface area contributed by atoms with E-state index in [0.717, 1.165) is 12.8 Å². The van der Waals surface area contributed by atoms with Crippen LogP contribution in [0.4, 0.5) is 0 Å². The van der Waals surface area contributed by atoms with Crippen LogP contribution in [0.3, 0.4) is 0 Å². The van der Waals surface area contributed by atoms with E-state index in [1.807, 2.05) is 25.1 Å². The van der Waals surface area contributed by atoms with Gasteiger partial charge in [0, 0.05) is 17.9 Å². The van der Waals surface area contributed by atoms with Crippen molar-refractivity contribution in [2.75, 3.05) is 13.2 Å². The summed E-state index contributed by atoms with van der Waals surface area (Å²) < 4.78 is 18.1. The first-order valence-corrected chi connectivity index (χ1v) is 10.2. The third-order valence-corrected chi connectivity index (χ3v) is 6.98. The van der Waals surface area contributed by atoms with Crippen LogP contribution in [0, 0.1) is 5.92 Å². The van der Waals surface area contributed by atoms with Crippen LogP contribution in [-0.4, -0.2) is 52.4 Å². The van der Waals surface area contributed by atoms with Crippen LogP contribution in [0.1, 0.15) is 64.2 Å². The average molecular weight is 392 g/mol. The summed E-state index contributed by atoms with van der Waals surface area (Å²) in [6.45, 7) is 10.8. The summed E-state index contributed by atoms with van der Waals surface area (Å²) in [5.74, 6) is -1.21. The minimum Gasteiger partial charge on any atom is -0.459 e. The molecule has 156 valence electrons. The second kappa shape index (κ2) is 7.75. The molecule has 6 nitrogen and oxygen atoms in total. The second-order valence-electron chi connectivity index (χ2n) is 8.60. The van der Waals surface area contributed by atoms with Crippen LogP contribution in [0.15, 0.2) is 30.3 Å². The van der Waals surface area contributed by atoms with Crippen LogP contribution in [0.2, 0.25) is 0 Å². The van der Waals surface area contributed by atoms with Crippen molar-refractivity contribution in [3.05, 3.63) is 35.9 Å². The fraction of sp³-hybridized carbons (Fsp3) is 0.682. The number of carbonyl (C=O) groups is 1. The Balaban J connectivity index is 1.72. The fourth-order valence-corrected chi connectivity index (χ4v) is 4.58. The normalized spacial score (nSPS) is 38.6. The Bertz CT molecular complexity index is 697. The Labute approximate surface area is 167 Å². The molecule has 1 spiro atoms. The Kier molecular flexibility index (Phi) is 5.88. The van der Waals surface area contributed by atoms with Gasteiger partial charge in [-0.1, -0.05) is 39.0 Å². The van der Waals surface area contributed by atoms with Crippen molar-refractivity contribution in [1.82, 2.24) is 5.06 Å². The summed E-state index contributed by atoms with van der Waals surface area (Å²) in [5.41, 5.74) is -0.402. The van der Waals surface area contributed by atoms with E-state index in [2.05, 4.69) is 27.7 Å². The summed E-state index contributed by atoms with van der Waals surface area (Å²) in [6.07, 6.45) is 1.78. The van der Waals surface area contributed by atoms with Crippen LogP contribution >= 0.6 is 0 Å². The van der Waals surface area contributed by atoms with Crippen molar-refractivity contribution in [1.29, 1.82) is 0 Å². The zero-order valence-electron chi connectivity index (χ0n) is 17.6. The van der Waals surface area contributed by atoms with Gasteiger partial charge >= 0.3 is 5.97 Å². The van der Waals surface area contributed by atoms with E-state index in [1.165, 1.54) is 5.06 Å². The predicted octanol–water partition coefficient (Wildman–Crippen LogP) is 4.02. The molecule has 2 heterocycles. The van der Waals surface area contributed by atoms with E-state index in [4.69, 9.17) is 14.2 Å². The SMILES string of the molecule is CCC1(C)CC2(OCC(COC(=O)c3ccccc3)O2)C(C)C(C)(CC)N1O. The van der Waals surface area contributed by atoms with E-state index in [9.17, 15) is 10.0 Å². The van der Waals surface area contributed by atoms with Gasteiger partial charge in [-0.05, 0) is 38.8 Å². The number of hydrogen-bond acceptors (Lipinski definition) is 6. The fourth-order valence-electron chi connectivity index (χ4n) is 4.58. The third kappa shape index (κ3) is 3.47. The quantitative estimate of drug-likeness (QED) is 0.765. The Morgan fingerprint density at radius 3 is 2.54 bits per heavy atom. The van der Waals surface area contributed by atoms with Crippen LogP contribution in [-0.2, 0) is 14.2 Å². The van der Waals surface area contributed by atoms with E-state index >= 15 is 0 Å². The zero-order chi connectivity index (χ0) is 20.6. The van der Waals surface area contributed by atoms with E-state index < -0.39 is 16.9 Å². The van der Waals surface area contributed by atoms with Gasteiger partial charge in [-0.2, -0.15) is 5.06 Å². The predicted molar refractivity (Wildman–Crippen MR) is 105 cm³/mol. The molecule has 2 saturated heterocycles. The van der Waals surface area contributed by atoms with Crippen molar-refractivity contribution in [3.63, 3.8) is 0 Å². The molecule has 2 aliphatic heterocycles. The van der Waals surface area contributed by atoms with Crippen molar-refractivity contribution >= 4 is 5.97 Å². The molecular formula is C22H33NO5. The number of rotatable bonds is 5. The Morgan fingerprint density at radius 1 is 1.25 bits per heavy atom. The van der Waals surface area contributed by atoms with Crippen LogP contribution < -0.4 is 0 Å². The average Bonchev–Trinajstić information content (AvgIpc) is 3.13. The van der Waals surface area contributed by atoms with E-state index in [0.29, 0.717) is 18.6 Å². The molecule has 2 fully saturated rings. The maximum atomic E-state index is 12.2. The highest BCUT2D eigenvalue weighted by molar-refractivity contribution is 5.89. The lowest BCUT2D eigenvalue weighted by Gasteiger charge is -2.60. The van der Waals surface area contributed by atoms with Crippen molar-refractivity contribution in [3.8, 4) is 0 Å². The number of ether oxygens (including phenoxy) is 3. The minimum absolute atomic E-state index is 0.0514. The lowest BCUT2D eigenvalue weighted by Crippen LogP contribution is -2.71. The van der Waals surface area contributed by atoms with Crippen molar-refractivity contribution < 1.29 is 24.2 Å². The van der Waals surface area contributed by atoms with Crippen LogP contribution in [0.5, 0.6) is 0 Å². The highest BCUT2D eigenvalue weighted by Crippen LogP contribution is 2.53. The number of hydroxylamine groups is 2. The van der Waals surface area contributed by atoms with Gasteiger partial charge in [0.1, 0.15) is 12.7 Å². The Morgan fingerprint density at radius 2 is 1.93 bits per heavy atom. The van der Waals surface area contributed by atoms with Crippen LogP contribution in [0.25, 0.3) is 0 Å². The standard InChI is InChI=1S/C22H33NO5/c1-6-20(4)15-22(16(3)21(5,7-2)23(20)25)27-14-18(28-22)13-26-19(24)17-11-9-8-10-12-17/h8-12,16,18,25H,6-7,13-15H2,1-5H3. The van der Waals surface area contributed by atoms with Gasteiger partial charge < -0.3 is 19.4 Å². The first-order chi connectivity index (χ1) is 13.2. The molecule has 0 amide bonds. The largest absolute Gasteiger partial charge is 0.459 e. The number of carbonyl (C=O) groups excluding carboxylic acids is 1. The lowest BCUT2D eigenvalue weighted by molar-refractivity contribution is -0.352. The van der Waals surface area contributed by atoms with Gasteiger partial charge in [-0.25, -0.2) is 4.79 Å². The van der Waals surface area contributed by atoms with Gasteiger partial charge in [0.2, 0.25) is 0 Å². The first-order valence-electron chi connectivity index (χ1n) is 10.2. The maximum Gasteiger partial charge on any atom is 0.338 e. The molecule has 1 aromatic rings. The van der Waals surface area contributed by atoms with E-state index in [-0.39, 0.29) is 24.6 Å². The lowest BCUT2D eigenvalue weighted by atomic mass is 9.67. The van der Waals surface area contributed by atoms with Gasteiger partial charge in [0.15, 0.2) is 5.79 Å². The number of hydrogen-bond donors (Lipinski definition) is 1. The molecule has 3 rings (SSSR count). The molecular weight excluding hydrogens is 358 g/mol. The maximum absolute atomic E-state index is 12.2. The Hall–Kier alpha value is -1.47. The topological polar surface area (TPSA) is 68.2 Å². The molecule has 6 heteroatoms. The molecule has 1 N–H and O–H groups in total. The molecule has 5 unspecified atom stereocenters. The molecule has 0 aliphatic carbocycles. The number of benzene rings is 1. The zero-order valence-corrected chi connectivity index (χ0v) is 17.6. The van der Waals surface area contributed by atoms with Gasteiger partial charge in [-0.15, -0.1) is 0 Å². The molecule has 1 aromatic carbocycles. The van der Waals surface area contributed by atoms with Crippen molar-refractivity contribution in [2.45, 2.75) is 76.9 Å². The summed E-state index contributed by atoms with van der Waals surface area (Å²) in [5, 5.41) is 12.5.